The lowest BCUT2D eigenvalue weighted by Crippen LogP contribution is -2.04. The van der Waals surface area contributed by atoms with E-state index in [9.17, 15) is 5.26 Å². The second kappa shape index (κ2) is 15.5. The molecule has 0 aliphatic carbocycles. The first-order valence-electron chi connectivity index (χ1n) is 24.0. The van der Waals surface area contributed by atoms with Crippen LogP contribution >= 0.6 is 0 Å². The fraction of sp³-hybridized carbons (Fsp3) is 0. The number of hydrogen-bond donors (Lipinski definition) is 0. The Morgan fingerprint density at radius 2 is 0.847 bits per heavy atom. The lowest BCUT2D eigenvalue weighted by atomic mass is 10.00. The Kier molecular flexibility index (Phi) is 8.55. The molecule has 0 saturated carbocycles. The molecule has 0 bridgehead atoms. The molecule has 0 radical (unpaired) electrons. The summed E-state index contributed by atoms with van der Waals surface area (Å²) in [4.78, 5) is 15.3. The number of nitriles is 1. The van der Waals surface area contributed by atoms with Gasteiger partial charge in [-0.1, -0.05) is 170 Å². The third-order valence-electron chi connectivity index (χ3n) is 14.3. The van der Waals surface area contributed by atoms with Gasteiger partial charge in [-0.2, -0.15) is 5.26 Å². The topological polar surface area (TPSA) is 90.4 Å². The van der Waals surface area contributed by atoms with Crippen LogP contribution in [0.25, 0.3) is 139 Å². The Hall–Kier alpha value is -10.1. The predicted octanol–water partition coefficient (Wildman–Crippen LogP) is 15.9. The molecule has 0 atom stereocenters. The van der Waals surface area contributed by atoms with Crippen LogP contribution in [0.3, 0.4) is 0 Å². The summed E-state index contributed by atoms with van der Waals surface area (Å²) in [7, 11) is 0. The highest BCUT2D eigenvalue weighted by Gasteiger charge is 2.30. The normalized spacial score (nSPS) is 11.9. The Morgan fingerprint density at radius 1 is 0.375 bits per heavy atom. The van der Waals surface area contributed by atoms with E-state index < -0.39 is 0 Å². The predicted molar refractivity (Wildman–Crippen MR) is 291 cm³/mol. The van der Waals surface area contributed by atoms with E-state index in [0.717, 1.165) is 93.6 Å². The van der Waals surface area contributed by atoms with Gasteiger partial charge >= 0.3 is 0 Å². The van der Waals surface area contributed by atoms with E-state index in [2.05, 4.69) is 159 Å². The largest absolute Gasteiger partial charge is 0.455 e. The zero-order valence-electron chi connectivity index (χ0n) is 38.4. The van der Waals surface area contributed by atoms with Gasteiger partial charge in [0, 0.05) is 54.5 Å². The first kappa shape index (κ1) is 39.9. The third kappa shape index (κ3) is 5.70. The van der Waals surface area contributed by atoms with Crippen molar-refractivity contribution in [2.24, 2.45) is 0 Å². The smallest absolute Gasteiger partial charge is 0.169 e. The van der Waals surface area contributed by atoms with Gasteiger partial charge in [-0.05, 0) is 54.6 Å². The SMILES string of the molecule is N#Cc1cc(-n2c3ccccc3c3cc(-n4c5ccccc5c5ccccc54)c4c(c5ccccc5n4-c4ccccc4)c32)c2c(oc3ccccc32)c1-c1nc(-c2ccccc2)nc(-c2ccccc2)n1. The maximum Gasteiger partial charge on any atom is 0.169 e. The van der Waals surface area contributed by atoms with Crippen molar-refractivity contribution in [3.63, 3.8) is 0 Å². The second-order valence-corrected chi connectivity index (χ2v) is 18.2. The van der Waals surface area contributed by atoms with Gasteiger partial charge in [0.2, 0.25) is 0 Å². The Balaban J connectivity index is 1.13. The third-order valence-corrected chi connectivity index (χ3v) is 14.3. The van der Waals surface area contributed by atoms with Crippen LogP contribution in [0, 0.1) is 11.3 Å². The van der Waals surface area contributed by atoms with E-state index in [1.165, 1.54) is 10.8 Å². The van der Waals surface area contributed by atoms with E-state index in [1.807, 2.05) is 84.9 Å². The summed E-state index contributed by atoms with van der Waals surface area (Å²) in [5, 5.41) is 20.0. The molecule has 0 spiro atoms. The molecule has 334 valence electrons. The summed E-state index contributed by atoms with van der Waals surface area (Å²) in [6.45, 7) is 0. The minimum Gasteiger partial charge on any atom is -0.455 e. The van der Waals surface area contributed by atoms with Gasteiger partial charge in [-0.15, -0.1) is 0 Å². The van der Waals surface area contributed by atoms with Gasteiger partial charge in [0.05, 0.1) is 61.0 Å². The monoisotopic (exact) mass is 919 g/mol. The van der Waals surface area contributed by atoms with E-state index in [0.29, 0.717) is 39.8 Å². The van der Waals surface area contributed by atoms with Crippen LogP contribution in [-0.4, -0.2) is 28.7 Å². The minimum atomic E-state index is 0.348. The van der Waals surface area contributed by atoms with E-state index in [4.69, 9.17) is 19.4 Å². The summed E-state index contributed by atoms with van der Waals surface area (Å²) < 4.78 is 14.3. The summed E-state index contributed by atoms with van der Waals surface area (Å²) >= 11 is 0. The molecule has 0 fully saturated rings. The molecule has 5 heterocycles. The van der Waals surface area contributed by atoms with E-state index in [-0.39, 0.29) is 0 Å². The van der Waals surface area contributed by atoms with Crippen LogP contribution in [0.5, 0.6) is 0 Å². The summed E-state index contributed by atoms with van der Waals surface area (Å²) in [5.74, 6) is 1.34. The van der Waals surface area contributed by atoms with E-state index in [1.54, 1.807) is 0 Å². The molecule has 5 aromatic heterocycles. The molecule has 0 aliphatic rings. The zero-order chi connectivity index (χ0) is 47.4. The van der Waals surface area contributed by atoms with Crippen LogP contribution < -0.4 is 0 Å². The summed E-state index contributed by atoms with van der Waals surface area (Å²) in [5.41, 5.74) is 13.1. The van der Waals surface area contributed by atoms with Gasteiger partial charge in [0.25, 0.3) is 0 Å². The Morgan fingerprint density at radius 3 is 1.44 bits per heavy atom. The molecule has 0 aliphatic heterocycles. The van der Waals surface area contributed by atoms with Crippen molar-refractivity contribution in [3.8, 4) is 57.3 Å². The number of aromatic nitrogens is 6. The van der Waals surface area contributed by atoms with Crippen molar-refractivity contribution in [1.29, 1.82) is 5.26 Å². The van der Waals surface area contributed by atoms with Crippen molar-refractivity contribution in [2.75, 3.05) is 0 Å². The van der Waals surface area contributed by atoms with Crippen LogP contribution in [0.4, 0.5) is 0 Å². The highest BCUT2D eigenvalue weighted by Crippen LogP contribution is 2.49. The number of nitrogens with zero attached hydrogens (tertiary/aromatic N) is 7. The maximum atomic E-state index is 11.5. The van der Waals surface area contributed by atoms with Crippen molar-refractivity contribution in [1.82, 2.24) is 28.7 Å². The summed E-state index contributed by atoms with van der Waals surface area (Å²) in [6, 6.07) is 80.4. The number of para-hydroxylation sites is 6. The van der Waals surface area contributed by atoms with Crippen LogP contribution in [0.2, 0.25) is 0 Å². The molecule has 15 rings (SSSR count). The maximum absolute atomic E-state index is 11.5. The summed E-state index contributed by atoms with van der Waals surface area (Å²) in [6.07, 6.45) is 0. The number of rotatable bonds is 6. The molecule has 0 unspecified atom stereocenters. The average Bonchev–Trinajstić information content (AvgIpc) is 4.20. The highest BCUT2D eigenvalue weighted by molar-refractivity contribution is 6.29. The molecule has 15 aromatic rings. The first-order valence-corrected chi connectivity index (χ1v) is 24.0. The lowest BCUT2D eigenvalue weighted by Gasteiger charge is -2.17. The van der Waals surface area contributed by atoms with Crippen molar-refractivity contribution < 1.29 is 4.42 Å². The number of hydrogen-bond acceptors (Lipinski definition) is 5. The molecule has 0 amide bonds. The zero-order valence-corrected chi connectivity index (χ0v) is 38.4. The highest BCUT2D eigenvalue weighted by atomic mass is 16.3. The van der Waals surface area contributed by atoms with Gasteiger partial charge in [0.1, 0.15) is 17.2 Å². The van der Waals surface area contributed by atoms with Gasteiger partial charge < -0.3 is 18.1 Å². The fourth-order valence-corrected chi connectivity index (χ4v) is 11.3. The molecule has 8 nitrogen and oxygen atoms in total. The average molecular weight is 920 g/mol. The minimum absolute atomic E-state index is 0.348. The number of benzene rings is 10. The fourth-order valence-electron chi connectivity index (χ4n) is 11.3. The number of furan rings is 1. The molecule has 0 N–H and O–H groups in total. The molecular weight excluding hydrogens is 883 g/mol. The van der Waals surface area contributed by atoms with Crippen molar-refractivity contribution in [2.45, 2.75) is 0 Å². The number of fused-ring (bicyclic) bond motifs is 13. The molecule has 0 saturated heterocycles. The second-order valence-electron chi connectivity index (χ2n) is 18.2. The van der Waals surface area contributed by atoms with Gasteiger partial charge in [-0.25, -0.2) is 15.0 Å². The standard InChI is InChI=1S/C64H37N7O/c65-38-41-36-53(57-47-30-14-19-35-55(47)72-61(57)56(41)64-67-62(39-20-4-1-5-21-39)66-63(68-64)40-22-6-2-7-23-40)71-51-33-17-12-28-45(51)48-37-54(70-49-31-15-10-26-43(49)44-27-11-16-32-50(44)70)60-58(59(48)71)46-29-13-18-34-52(46)69(60)42-24-8-3-9-25-42/h1-37H. The van der Waals surface area contributed by atoms with Crippen LogP contribution in [-0.2, 0) is 0 Å². The van der Waals surface area contributed by atoms with Crippen molar-refractivity contribution in [3.05, 3.63) is 230 Å². The van der Waals surface area contributed by atoms with Gasteiger partial charge in [0.15, 0.2) is 17.5 Å². The van der Waals surface area contributed by atoms with E-state index >= 15 is 0 Å². The quantitative estimate of drug-likeness (QED) is 0.166. The lowest BCUT2D eigenvalue weighted by molar-refractivity contribution is 0.669. The van der Waals surface area contributed by atoms with Crippen LogP contribution in [0.15, 0.2) is 229 Å². The molecule has 72 heavy (non-hydrogen) atoms. The van der Waals surface area contributed by atoms with Crippen LogP contribution in [0.1, 0.15) is 5.56 Å². The molecular formula is C64H37N7O. The Bertz CT molecular complexity index is 4640. The first-order chi connectivity index (χ1) is 35.7. The van der Waals surface area contributed by atoms with Gasteiger partial charge in [-0.3, -0.25) is 0 Å². The molecule has 8 heteroatoms. The Labute approximate surface area is 411 Å². The molecule has 10 aromatic carbocycles. The van der Waals surface area contributed by atoms with Crippen molar-refractivity contribution >= 4 is 87.4 Å².